The molecule has 0 spiro atoms. The third-order valence-electron chi connectivity index (χ3n) is 2.03. The molecule has 6 heteroatoms. The predicted molar refractivity (Wildman–Crippen MR) is 62.2 cm³/mol. The van der Waals surface area contributed by atoms with Gasteiger partial charge in [-0.2, -0.15) is 5.26 Å². The second kappa shape index (κ2) is 5.18. The molecular weight excluding hydrogens is 236 g/mol. The summed E-state index contributed by atoms with van der Waals surface area (Å²) in [5.74, 6) is -0.261. The summed E-state index contributed by atoms with van der Waals surface area (Å²) >= 11 is 1.48. The van der Waals surface area contributed by atoms with Crippen LogP contribution in [0.15, 0.2) is 30.0 Å². The first-order valence-electron chi connectivity index (χ1n) is 4.81. The smallest absolute Gasteiger partial charge is 0.270 e. The number of aromatic nitrogens is 2. The van der Waals surface area contributed by atoms with Crippen LogP contribution in [0.3, 0.4) is 0 Å². The number of nitriles is 1. The van der Waals surface area contributed by atoms with Gasteiger partial charge in [-0.05, 0) is 12.1 Å². The summed E-state index contributed by atoms with van der Waals surface area (Å²) in [5.41, 5.74) is 2.44. The maximum Gasteiger partial charge on any atom is 0.270 e. The summed E-state index contributed by atoms with van der Waals surface area (Å²) < 4.78 is 0. The lowest BCUT2D eigenvalue weighted by molar-refractivity contribution is 0.0946. The third-order valence-corrected chi connectivity index (χ3v) is 2.81. The fourth-order valence-electron chi connectivity index (χ4n) is 1.18. The standard InChI is InChI=1S/C11H8N4OS/c12-3-8-1-2-10(14-4-8)11(16)15-6-9-5-13-7-17-9/h1-2,4-5,7H,6H2,(H,15,16). The van der Waals surface area contributed by atoms with Crippen LogP contribution in [0.4, 0.5) is 0 Å². The van der Waals surface area contributed by atoms with Gasteiger partial charge in [0.15, 0.2) is 0 Å². The van der Waals surface area contributed by atoms with Crippen LogP contribution in [0.2, 0.25) is 0 Å². The topological polar surface area (TPSA) is 78.7 Å². The van der Waals surface area contributed by atoms with Gasteiger partial charge in [-0.1, -0.05) is 0 Å². The van der Waals surface area contributed by atoms with Crippen LogP contribution in [0.25, 0.3) is 0 Å². The summed E-state index contributed by atoms with van der Waals surface area (Å²) in [6.45, 7) is 0.436. The van der Waals surface area contributed by atoms with Gasteiger partial charge in [0.05, 0.1) is 17.6 Å². The number of carbonyl (C=O) groups excluding carboxylic acids is 1. The van der Waals surface area contributed by atoms with E-state index in [1.165, 1.54) is 23.6 Å². The Bertz CT molecular complexity index is 542. The first-order chi connectivity index (χ1) is 8.29. The van der Waals surface area contributed by atoms with Crippen LogP contribution >= 0.6 is 11.3 Å². The van der Waals surface area contributed by atoms with E-state index in [2.05, 4.69) is 15.3 Å². The number of nitrogens with one attached hydrogen (secondary N) is 1. The van der Waals surface area contributed by atoms with Gasteiger partial charge in [0.1, 0.15) is 11.8 Å². The number of pyridine rings is 1. The fourth-order valence-corrected chi connectivity index (χ4v) is 1.72. The maximum atomic E-state index is 11.7. The minimum absolute atomic E-state index is 0.261. The Hall–Kier alpha value is -2.26. The Balaban J connectivity index is 1.97. The fraction of sp³-hybridized carbons (Fsp3) is 0.0909. The molecule has 0 fully saturated rings. The number of rotatable bonds is 3. The quantitative estimate of drug-likeness (QED) is 0.883. The minimum atomic E-state index is -0.261. The van der Waals surface area contributed by atoms with Crippen LogP contribution in [-0.2, 0) is 6.54 Å². The van der Waals surface area contributed by atoms with Crippen LogP contribution in [-0.4, -0.2) is 15.9 Å². The van der Waals surface area contributed by atoms with Crippen molar-refractivity contribution < 1.29 is 4.79 Å². The van der Waals surface area contributed by atoms with Crippen molar-refractivity contribution in [1.82, 2.24) is 15.3 Å². The molecule has 2 rings (SSSR count). The molecule has 0 aromatic carbocycles. The number of thiazole rings is 1. The van der Waals surface area contributed by atoms with E-state index in [1.54, 1.807) is 17.8 Å². The molecule has 0 saturated heterocycles. The number of hydrogen-bond donors (Lipinski definition) is 1. The minimum Gasteiger partial charge on any atom is -0.346 e. The highest BCUT2D eigenvalue weighted by molar-refractivity contribution is 7.09. The summed E-state index contributed by atoms with van der Waals surface area (Å²) in [4.78, 5) is 20.5. The molecule has 17 heavy (non-hydrogen) atoms. The van der Waals surface area contributed by atoms with Gasteiger partial charge in [-0.3, -0.25) is 9.78 Å². The van der Waals surface area contributed by atoms with Crippen LogP contribution in [0.5, 0.6) is 0 Å². The first-order valence-corrected chi connectivity index (χ1v) is 5.69. The summed E-state index contributed by atoms with van der Waals surface area (Å²) in [6.07, 6.45) is 3.08. The predicted octanol–water partition coefficient (Wildman–Crippen LogP) is 1.34. The van der Waals surface area contributed by atoms with E-state index in [4.69, 9.17) is 5.26 Å². The molecule has 0 radical (unpaired) electrons. The van der Waals surface area contributed by atoms with E-state index >= 15 is 0 Å². The zero-order chi connectivity index (χ0) is 12.1. The van der Waals surface area contributed by atoms with Crippen LogP contribution in [0, 0.1) is 11.3 Å². The second-order valence-corrected chi connectivity index (χ2v) is 4.17. The van der Waals surface area contributed by atoms with Crippen molar-refractivity contribution in [3.05, 3.63) is 46.2 Å². The van der Waals surface area contributed by atoms with Crippen molar-refractivity contribution in [2.45, 2.75) is 6.54 Å². The van der Waals surface area contributed by atoms with Gasteiger partial charge in [-0.25, -0.2) is 4.98 Å². The molecule has 84 valence electrons. The molecule has 2 aromatic heterocycles. The Morgan fingerprint density at radius 3 is 2.94 bits per heavy atom. The van der Waals surface area contributed by atoms with Gasteiger partial charge in [0.2, 0.25) is 0 Å². The van der Waals surface area contributed by atoms with Crippen molar-refractivity contribution in [2.24, 2.45) is 0 Å². The van der Waals surface area contributed by atoms with Crippen LogP contribution < -0.4 is 5.32 Å². The zero-order valence-corrected chi connectivity index (χ0v) is 9.57. The second-order valence-electron chi connectivity index (χ2n) is 3.19. The molecule has 2 aromatic rings. The average molecular weight is 244 g/mol. The van der Waals surface area contributed by atoms with Gasteiger partial charge in [0.25, 0.3) is 5.91 Å². The Labute approximate surface area is 102 Å². The monoisotopic (exact) mass is 244 g/mol. The van der Waals surface area contributed by atoms with E-state index in [0.29, 0.717) is 17.8 Å². The zero-order valence-electron chi connectivity index (χ0n) is 8.75. The normalized spacial score (nSPS) is 9.59. The Kier molecular flexibility index (Phi) is 3.43. The van der Waals surface area contributed by atoms with E-state index in [-0.39, 0.29) is 5.91 Å². The molecule has 0 aliphatic heterocycles. The highest BCUT2D eigenvalue weighted by atomic mass is 32.1. The molecule has 1 N–H and O–H groups in total. The number of carbonyl (C=O) groups is 1. The van der Waals surface area contributed by atoms with Gasteiger partial charge >= 0.3 is 0 Å². The van der Waals surface area contributed by atoms with E-state index < -0.39 is 0 Å². The summed E-state index contributed by atoms with van der Waals surface area (Å²) in [5, 5.41) is 11.3. The highest BCUT2D eigenvalue weighted by Crippen LogP contribution is 2.05. The van der Waals surface area contributed by atoms with E-state index in [1.807, 2.05) is 6.07 Å². The van der Waals surface area contributed by atoms with Crippen molar-refractivity contribution in [3.63, 3.8) is 0 Å². The molecule has 0 unspecified atom stereocenters. The number of nitrogens with zero attached hydrogens (tertiary/aromatic N) is 3. The van der Waals surface area contributed by atoms with Crippen molar-refractivity contribution in [1.29, 1.82) is 5.26 Å². The molecule has 5 nitrogen and oxygen atoms in total. The van der Waals surface area contributed by atoms with Gasteiger partial charge < -0.3 is 5.32 Å². The largest absolute Gasteiger partial charge is 0.346 e. The lowest BCUT2D eigenvalue weighted by atomic mass is 10.2. The van der Waals surface area contributed by atoms with E-state index in [9.17, 15) is 4.79 Å². The van der Waals surface area contributed by atoms with Crippen molar-refractivity contribution in [3.8, 4) is 6.07 Å². The summed E-state index contributed by atoms with van der Waals surface area (Å²) in [6, 6.07) is 5.04. The molecule has 0 saturated carbocycles. The lowest BCUT2D eigenvalue weighted by Gasteiger charge is -2.02. The molecule has 2 heterocycles. The average Bonchev–Trinajstić information content (AvgIpc) is 2.89. The van der Waals surface area contributed by atoms with E-state index in [0.717, 1.165) is 4.88 Å². The van der Waals surface area contributed by atoms with Crippen LogP contribution in [0.1, 0.15) is 20.9 Å². The van der Waals surface area contributed by atoms with Gasteiger partial charge in [-0.15, -0.1) is 11.3 Å². The SMILES string of the molecule is N#Cc1ccc(C(=O)NCc2cncs2)nc1. The van der Waals surface area contributed by atoms with Crippen molar-refractivity contribution >= 4 is 17.2 Å². The maximum absolute atomic E-state index is 11.7. The van der Waals surface area contributed by atoms with Crippen molar-refractivity contribution in [2.75, 3.05) is 0 Å². The molecule has 0 bridgehead atoms. The number of hydrogen-bond acceptors (Lipinski definition) is 5. The molecule has 0 aliphatic carbocycles. The molecule has 0 atom stereocenters. The van der Waals surface area contributed by atoms with Gasteiger partial charge in [0, 0.05) is 17.3 Å². The Morgan fingerprint density at radius 1 is 1.47 bits per heavy atom. The summed E-state index contributed by atoms with van der Waals surface area (Å²) in [7, 11) is 0. The molecule has 1 amide bonds. The highest BCUT2D eigenvalue weighted by Gasteiger charge is 2.06. The third kappa shape index (κ3) is 2.86. The molecular formula is C11H8N4OS. The lowest BCUT2D eigenvalue weighted by Crippen LogP contribution is -2.23. The first kappa shape index (κ1) is 11.2. The number of amides is 1. The Morgan fingerprint density at radius 2 is 2.35 bits per heavy atom. The molecule has 0 aliphatic rings.